The molecule has 0 radical (unpaired) electrons. The number of carbonyl (C=O) groups is 1. The molecule has 0 aliphatic heterocycles. The van der Waals surface area contributed by atoms with Crippen molar-refractivity contribution in [1.29, 1.82) is 0 Å². The first-order valence-corrected chi connectivity index (χ1v) is 9.26. The van der Waals surface area contributed by atoms with Gasteiger partial charge in [0.25, 0.3) is 0 Å². The monoisotopic (exact) mass is 324 g/mol. The summed E-state index contributed by atoms with van der Waals surface area (Å²) in [5, 5.41) is 6.69. The van der Waals surface area contributed by atoms with Gasteiger partial charge in [-0.1, -0.05) is 0 Å². The molecule has 124 valence electrons. The van der Waals surface area contributed by atoms with E-state index in [-0.39, 0.29) is 11.3 Å². The molecule has 3 N–H and O–H groups in total. The van der Waals surface area contributed by atoms with Crippen LogP contribution >= 0.6 is 12.2 Å². The summed E-state index contributed by atoms with van der Waals surface area (Å²) in [7, 11) is 4.23. The van der Waals surface area contributed by atoms with Crippen molar-refractivity contribution in [3.05, 3.63) is 0 Å². The molecule has 0 saturated heterocycles. The van der Waals surface area contributed by atoms with Gasteiger partial charge in [-0.2, -0.15) is 0 Å². The number of carbonyl (C=O) groups excluding carboxylic acids is 1. The molecule has 4 aliphatic rings. The molecule has 2 unspecified atom stereocenters. The number of hydrogen-bond donors (Lipinski definition) is 3. The van der Waals surface area contributed by atoms with Gasteiger partial charge in [0.05, 0.1) is 32.6 Å². The molecule has 4 atom stereocenters. The van der Waals surface area contributed by atoms with E-state index in [1.165, 1.54) is 30.6 Å². The zero-order chi connectivity index (χ0) is 15.7. The number of rotatable bonds is 4. The van der Waals surface area contributed by atoms with Crippen molar-refractivity contribution < 1.29 is 9.69 Å². The van der Waals surface area contributed by atoms with Gasteiger partial charge in [-0.05, 0) is 74.9 Å². The van der Waals surface area contributed by atoms with E-state index in [1.54, 1.807) is 0 Å². The smallest absolute Gasteiger partial charge is 0.232 e. The number of likely N-dealkylation sites (N-methyl/N-ethyl adjacent to an activating group) is 1. The first-order chi connectivity index (χ1) is 10.5. The summed E-state index contributed by atoms with van der Waals surface area (Å²) in [6, 6.07) is 0. The lowest BCUT2D eigenvalue weighted by molar-refractivity contribution is -0.856. The fourth-order valence-electron chi connectivity index (χ4n) is 5.15. The quantitative estimate of drug-likeness (QED) is 0.668. The molecule has 1 amide bonds. The summed E-state index contributed by atoms with van der Waals surface area (Å²) in [5.74, 6) is 2.64. The van der Waals surface area contributed by atoms with Gasteiger partial charge in [0.2, 0.25) is 5.91 Å². The van der Waals surface area contributed by atoms with Crippen LogP contribution in [0.4, 0.5) is 0 Å². The second-order valence-electron chi connectivity index (χ2n) is 8.20. The van der Waals surface area contributed by atoms with E-state index in [4.69, 9.17) is 12.2 Å². The molecule has 4 saturated carbocycles. The summed E-state index contributed by atoms with van der Waals surface area (Å²) in [6.45, 7) is 1.80. The lowest BCUT2D eigenvalue weighted by atomic mass is 9.61. The summed E-state index contributed by atoms with van der Waals surface area (Å²) >= 11 is 5.32. The molecular weight excluding hydrogens is 294 g/mol. The zero-order valence-electron chi connectivity index (χ0n) is 13.9. The Morgan fingerprint density at radius 3 is 2.45 bits per heavy atom. The Labute approximate surface area is 139 Å². The van der Waals surface area contributed by atoms with Crippen LogP contribution < -0.4 is 15.5 Å². The summed E-state index contributed by atoms with van der Waals surface area (Å²) in [4.78, 5) is 14.3. The highest BCUT2D eigenvalue weighted by Crippen LogP contribution is 2.57. The Morgan fingerprint density at radius 1 is 1.18 bits per heavy atom. The Balaban J connectivity index is 1.58. The van der Waals surface area contributed by atoms with Gasteiger partial charge < -0.3 is 15.5 Å². The van der Waals surface area contributed by atoms with Gasteiger partial charge in [0, 0.05) is 0 Å². The normalized spacial score (nSPS) is 36.2. The van der Waals surface area contributed by atoms with Crippen molar-refractivity contribution in [3.8, 4) is 0 Å². The van der Waals surface area contributed by atoms with E-state index in [0.717, 1.165) is 50.1 Å². The van der Waals surface area contributed by atoms with Crippen molar-refractivity contribution in [2.75, 3.05) is 27.2 Å². The lowest BCUT2D eigenvalue weighted by Gasteiger charge is -2.44. The van der Waals surface area contributed by atoms with Crippen LogP contribution in [0.5, 0.6) is 0 Å². The predicted molar refractivity (Wildman–Crippen MR) is 91.6 cm³/mol. The number of amides is 1. The number of fused-ring (bicyclic) bond motifs is 1. The molecule has 0 aromatic heterocycles. The molecule has 0 heterocycles. The molecule has 0 spiro atoms. The summed E-state index contributed by atoms with van der Waals surface area (Å²) in [6.07, 6.45) is 8.58. The van der Waals surface area contributed by atoms with Gasteiger partial charge >= 0.3 is 0 Å². The van der Waals surface area contributed by atoms with E-state index in [1.807, 2.05) is 0 Å². The van der Waals surface area contributed by atoms with E-state index in [2.05, 4.69) is 24.7 Å². The maximum absolute atomic E-state index is 12.9. The highest BCUT2D eigenvalue weighted by atomic mass is 32.1. The minimum Gasteiger partial charge on any atom is -0.357 e. The van der Waals surface area contributed by atoms with Crippen LogP contribution in [0.25, 0.3) is 0 Å². The molecule has 0 aromatic carbocycles. The standard InChI is InChI=1S/C17H29N3OS/c1-20(2)6-5-18-16(22)19-15(21)17-4-3-12-7-13(10-17)9-14(8-12)11-17/h12-14H,3-11H2,1-2H3,(H2,18,19,21,22)/p+1/t12?,13-,14+,17?. The van der Waals surface area contributed by atoms with E-state index in [9.17, 15) is 4.79 Å². The molecule has 4 aliphatic carbocycles. The van der Waals surface area contributed by atoms with Crippen molar-refractivity contribution in [1.82, 2.24) is 10.6 Å². The lowest BCUT2D eigenvalue weighted by Crippen LogP contribution is -3.06. The minimum absolute atomic E-state index is 0.128. The average Bonchev–Trinajstić information content (AvgIpc) is 2.63. The van der Waals surface area contributed by atoms with Gasteiger partial charge in [-0.3, -0.25) is 4.79 Å². The second kappa shape index (κ2) is 6.44. The number of hydrogen-bond acceptors (Lipinski definition) is 2. The topological polar surface area (TPSA) is 45.6 Å². The van der Waals surface area contributed by atoms with Crippen LogP contribution in [0.2, 0.25) is 0 Å². The molecule has 0 aromatic rings. The van der Waals surface area contributed by atoms with Crippen molar-refractivity contribution >= 4 is 23.2 Å². The van der Waals surface area contributed by atoms with Crippen molar-refractivity contribution in [2.24, 2.45) is 23.2 Å². The van der Waals surface area contributed by atoms with Gasteiger partial charge in [0.1, 0.15) is 0 Å². The van der Waals surface area contributed by atoms with Crippen LogP contribution in [0.15, 0.2) is 0 Å². The SMILES string of the molecule is C[NH+](C)CCNC(=S)NC(=O)C12CCC3C[C@H](C[C@H](C3)C1)C2. The van der Waals surface area contributed by atoms with E-state index in [0.29, 0.717) is 5.11 Å². The van der Waals surface area contributed by atoms with Crippen LogP contribution in [-0.2, 0) is 4.79 Å². The number of quaternary nitrogens is 1. The molecule has 5 heteroatoms. The minimum atomic E-state index is -0.128. The van der Waals surface area contributed by atoms with Gasteiger partial charge in [0.15, 0.2) is 5.11 Å². The first kappa shape index (κ1) is 16.2. The molecule has 4 rings (SSSR count). The van der Waals surface area contributed by atoms with Crippen LogP contribution in [-0.4, -0.2) is 38.2 Å². The van der Waals surface area contributed by atoms with E-state index < -0.39 is 0 Å². The zero-order valence-corrected chi connectivity index (χ0v) is 14.7. The predicted octanol–water partition coefficient (Wildman–Crippen LogP) is 0.728. The molecule has 4 bridgehead atoms. The molecular formula is C17H30N3OS+. The Bertz CT molecular complexity index is 437. The number of thiocarbonyl (C=S) groups is 1. The van der Waals surface area contributed by atoms with Crippen LogP contribution in [0.1, 0.15) is 44.9 Å². The molecule has 4 fully saturated rings. The molecule has 22 heavy (non-hydrogen) atoms. The van der Waals surface area contributed by atoms with Gasteiger partial charge in [-0.25, -0.2) is 0 Å². The van der Waals surface area contributed by atoms with E-state index >= 15 is 0 Å². The maximum atomic E-state index is 12.9. The van der Waals surface area contributed by atoms with Crippen LogP contribution in [0.3, 0.4) is 0 Å². The van der Waals surface area contributed by atoms with Crippen LogP contribution in [0, 0.1) is 23.2 Å². The van der Waals surface area contributed by atoms with Gasteiger partial charge in [-0.15, -0.1) is 0 Å². The molecule has 4 nitrogen and oxygen atoms in total. The van der Waals surface area contributed by atoms with Crippen molar-refractivity contribution in [3.63, 3.8) is 0 Å². The van der Waals surface area contributed by atoms with Crippen molar-refractivity contribution in [2.45, 2.75) is 44.9 Å². The third kappa shape index (κ3) is 3.46. The Morgan fingerprint density at radius 2 is 1.82 bits per heavy atom. The highest BCUT2D eigenvalue weighted by Gasteiger charge is 2.51. The fraction of sp³-hybridized carbons (Fsp3) is 0.882. The first-order valence-electron chi connectivity index (χ1n) is 8.85. The fourth-order valence-corrected chi connectivity index (χ4v) is 5.34. The summed E-state index contributed by atoms with van der Waals surface area (Å²) in [5.41, 5.74) is -0.128. The maximum Gasteiger partial charge on any atom is 0.232 e. The summed E-state index contributed by atoms with van der Waals surface area (Å²) < 4.78 is 0. The average molecular weight is 325 g/mol. The third-order valence-corrected chi connectivity index (χ3v) is 6.26. The largest absolute Gasteiger partial charge is 0.357 e. The third-order valence-electron chi connectivity index (χ3n) is 6.01. The number of nitrogens with one attached hydrogen (secondary N) is 3. The Kier molecular flexibility index (Phi) is 4.74. The Hall–Kier alpha value is -0.680. The second-order valence-corrected chi connectivity index (χ2v) is 8.61. The highest BCUT2D eigenvalue weighted by molar-refractivity contribution is 7.80.